The number of oxazole rings is 1. The number of hydrogen-bond donors (Lipinski definition) is 1. The van der Waals surface area contributed by atoms with Crippen molar-refractivity contribution in [2.75, 3.05) is 5.73 Å². The Balaban J connectivity index is 2.27. The van der Waals surface area contributed by atoms with Gasteiger partial charge in [-0.15, -0.1) is 11.3 Å². The molecule has 0 saturated heterocycles. The topological polar surface area (TPSA) is 52.0 Å². The van der Waals surface area contributed by atoms with Gasteiger partial charge in [-0.1, -0.05) is 12.1 Å². The minimum Gasteiger partial charge on any atom is -0.435 e. The van der Waals surface area contributed by atoms with E-state index in [2.05, 4.69) is 4.98 Å². The smallest absolute Gasteiger partial charge is 0.239 e. The molecule has 0 aliphatic heterocycles. The Labute approximate surface area is 96.5 Å². The van der Waals surface area contributed by atoms with Gasteiger partial charge in [-0.05, 0) is 30.0 Å². The van der Waals surface area contributed by atoms with Crippen LogP contribution in [0.5, 0.6) is 0 Å². The van der Waals surface area contributed by atoms with Crippen molar-refractivity contribution in [3.63, 3.8) is 0 Å². The number of aromatic nitrogens is 1. The molecule has 0 aliphatic rings. The number of benzene rings is 1. The summed E-state index contributed by atoms with van der Waals surface area (Å²) in [5.41, 5.74) is 9.36. The standard InChI is InChI=1S/C12H10N2OS/c1-7-3-2-4-9-10(7)15-12(14-9)11-8(13)5-6-16-11/h2-6H,13H2,1H3. The van der Waals surface area contributed by atoms with Crippen LogP contribution in [0.1, 0.15) is 5.56 Å². The van der Waals surface area contributed by atoms with Crippen molar-refractivity contribution in [1.82, 2.24) is 4.98 Å². The second-order valence-corrected chi connectivity index (χ2v) is 4.56. The first-order valence-electron chi connectivity index (χ1n) is 4.95. The quantitative estimate of drug-likeness (QED) is 0.696. The maximum absolute atomic E-state index is 5.84. The molecule has 2 N–H and O–H groups in total. The molecule has 0 bridgehead atoms. The van der Waals surface area contributed by atoms with Crippen molar-refractivity contribution in [3.05, 3.63) is 35.2 Å². The summed E-state index contributed by atoms with van der Waals surface area (Å²) in [7, 11) is 0. The Morgan fingerprint density at radius 3 is 2.88 bits per heavy atom. The second kappa shape index (κ2) is 3.35. The van der Waals surface area contributed by atoms with E-state index < -0.39 is 0 Å². The lowest BCUT2D eigenvalue weighted by atomic mass is 10.2. The molecule has 0 saturated carbocycles. The van der Waals surface area contributed by atoms with E-state index in [1.54, 1.807) is 11.3 Å². The van der Waals surface area contributed by atoms with Gasteiger partial charge in [-0.25, -0.2) is 4.98 Å². The lowest BCUT2D eigenvalue weighted by Crippen LogP contribution is -1.83. The summed E-state index contributed by atoms with van der Waals surface area (Å²) in [6, 6.07) is 7.79. The van der Waals surface area contributed by atoms with Gasteiger partial charge >= 0.3 is 0 Å². The zero-order chi connectivity index (χ0) is 11.1. The van der Waals surface area contributed by atoms with Gasteiger partial charge in [0, 0.05) is 0 Å². The van der Waals surface area contributed by atoms with Gasteiger partial charge in [-0.2, -0.15) is 0 Å². The number of thiophene rings is 1. The molecule has 0 amide bonds. The summed E-state index contributed by atoms with van der Waals surface area (Å²) in [6.07, 6.45) is 0. The highest BCUT2D eigenvalue weighted by Gasteiger charge is 2.12. The number of hydrogen-bond acceptors (Lipinski definition) is 4. The summed E-state index contributed by atoms with van der Waals surface area (Å²) >= 11 is 1.54. The molecule has 2 heterocycles. The number of nitrogens with two attached hydrogens (primary N) is 1. The molecule has 0 fully saturated rings. The van der Waals surface area contributed by atoms with Crippen LogP contribution in [0, 0.1) is 6.92 Å². The zero-order valence-corrected chi connectivity index (χ0v) is 9.54. The Hall–Kier alpha value is -1.81. The van der Waals surface area contributed by atoms with Crippen molar-refractivity contribution in [2.45, 2.75) is 6.92 Å². The summed E-state index contributed by atoms with van der Waals surface area (Å²) in [4.78, 5) is 5.34. The highest BCUT2D eigenvalue weighted by atomic mass is 32.1. The fourth-order valence-electron chi connectivity index (χ4n) is 1.68. The molecule has 1 aromatic carbocycles. The summed E-state index contributed by atoms with van der Waals surface area (Å²) in [5.74, 6) is 0.608. The van der Waals surface area contributed by atoms with Crippen LogP contribution in [-0.4, -0.2) is 4.98 Å². The van der Waals surface area contributed by atoms with Gasteiger partial charge in [0.1, 0.15) is 10.4 Å². The van der Waals surface area contributed by atoms with E-state index in [0.29, 0.717) is 11.6 Å². The molecule has 2 aromatic heterocycles. The summed E-state index contributed by atoms with van der Waals surface area (Å²) in [6.45, 7) is 2.01. The number of para-hydroxylation sites is 1. The van der Waals surface area contributed by atoms with E-state index >= 15 is 0 Å². The lowest BCUT2D eigenvalue weighted by molar-refractivity contribution is 0.619. The van der Waals surface area contributed by atoms with Crippen molar-refractivity contribution in [2.24, 2.45) is 0 Å². The molecule has 3 aromatic rings. The lowest BCUT2D eigenvalue weighted by Gasteiger charge is -1.91. The third-order valence-corrected chi connectivity index (χ3v) is 3.42. The molecule has 0 radical (unpaired) electrons. The van der Waals surface area contributed by atoms with E-state index in [1.165, 1.54) is 0 Å². The van der Waals surface area contributed by atoms with Crippen LogP contribution in [0.25, 0.3) is 21.9 Å². The SMILES string of the molecule is Cc1cccc2nc(-c3sccc3N)oc12. The van der Waals surface area contributed by atoms with E-state index in [0.717, 1.165) is 21.5 Å². The maximum Gasteiger partial charge on any atom is 0.239 e. The number of anilines is 1. The Morgan fingerprint density at radius 2 is 2.19 bits per heavy atom. The molecule has 16 heavy (non-hydrogen) atoms. The van der Waals surface area contributed by atoms with Crippen LogP contribution in [0.4, 0.5) is 5.69 Å². The number of nitrogens with zero attached hydrogens (tertiary/aromatic N) is 1. The first-order valence-corrected chi connectivity index (χ1v) is 5.83. The Morgan fingerprint density at radius 1 is 1.31 bits per heavy atom. The van der Waals surface area contributed by atoms with E-state index in [4.69, 9.17) is 10.2 Å². The third kappa shape index (κ3) is 1.31. The van der Waals surface area contributed by atoms with E-state index in [9.17, 15) is 0 Å². The second-order valence-electron chi connectivity index (χ2n) is 3.65. The van der Waals surface area contributed by atoms with Gasteiger partial charge in [-0.3, -0.25) is 0 Å². The highest BCUT2D eigenvalue weighted by molar-refractivity contribution is 7.14. The van der Waals surface area contributed by atoms with Crippen molar-refractivity contribution < 1.29 is 4.42 Å². The molecule has 4 heteroatoms. The van der Waals surface area contributed by atoms with Crippen LogP contribution in [0.3, 0.4) is 0 Å². The first-order chi connectivity index (χ1) is 7.75. The Kier molecular flexibility index (Phi) is 1.97. The van der Waals surface area contributed by atoms with Gasteiger partial charge in [0.2, 0.25) is 5.89 Å². The van der Waals surface area contributed by atoms with Crippen molar-refractivity contribution >= 4 is 28.1 Å². The Bertz CT molecular complexity index is 654. The van der Waals surface area contributed by atoms with Crippen LogP contribution < -0.4 is 5.73 Å². The summed E-state index contributed by atoms with van der Waals surface area (Å²) in [5, 5.41) is 1.94. The molecule has 0 unspecified atom stereocenters. The highest BCUT2D eigenvalue weighted by Crippen LogP contribution is 2.33. The molecule has 3 nitrogen and oxygen atoms in total. The van der Waals surface area contributed by atoms with E-state index in [-0.39, 0.29) is 0 Å². The zero-order valence-electron chi connectivity index (χ0n) is 8.73. The van der Waals surface area contributed by atoms with Gasteiger partial charge in [0.25, 0.3) is 0 Å². The monoisotopic (exact) mass is 230 g/mol. The van der Waals surface area contributed by atoms with Crippen molar-refractivity contribution in [1.29, 1.82) is 0 Å². The average Bonchev–Trinajstić information content (AvgIpc) is 2.84. The summed E-state index contributed by atoms with van der Waals surface area (Å²) < 4.78 is 5.74. The molecule has 80 valence electrons. The van der Waals surface area contributed by atoms with Crippen LogP contribution in [0.2, 0.25) is 0 Å². The molecular formula is C12H10N2OS. The van der Waals surface area contributed by atoms with Gasteiger partial charge < -0.3 is 10.2 Å². The van der Waals surface area contributed by atoms with Crippen LogP contribution in [0.15, 0.2) is 34.1 Å². The molecule has 0 aliphatic carbocycles. The van der Waals surface area contributed by atoms with Gasteiger partial charge in [0.05, 0.1) is 5.69 Å². The van der Waals surface area contributed by atoms with Crippen molar-refractivity contribution in [3.8, 4) is 10.8 Å². The fourth-order valence-corrected chi connectivity index (χ4v) is 2.42. The molecule has 0 atom stereocenters. The first kappa shape index (κ1) is 9.42. The van der Waals surface area contributed by atoms with Gasteiger partial charge in [0.15, 0.2) is 5.58 Å². The minimum absolute atomic E-state index is 0.608. The number of fused-ring (bicyclic) bond motifs is 1. The van der Waals surface area contributed by atoms with Crippen LogP contribution >= 0.6 is 11.3 Å². The van der Waals surface area contributed by atoms with Crippen LogP contribution in [-0.2, 0) is 0 Å². The number of rotatable bonds is 1. The normalized spacial score (nSPS) is 11.1. The fraction of sp³-hybridized carbons (Fsp3) is 0.0833. The largest absolute Gasteiger partial charge is 0.435 e. The molecular weight excluding hydrogens is 220 g/mol. The molecule has 0 spiro atoms. The third-order valence-electron chi connectivity index (χ3n) is 2.50. The average molecular weight is 230 g/mol. The van der Waals surface area contributed by atoms with E-state index in [1.807, 2.05) is 36.6 Å². The minimum atomic E-state index is 0.608. The number of aryl methyl sites for hydroxylation is 1. The number of nitrogen functional groups attached to an aromatic ring is 1. The maximum atomic E-state index is 5.84. The predicted octanol–water partition coefficient (Wildman–Crippen LogP) is 3.45. The molecule has 3 rings (SSSR count). The predicted molar refractivity (Wildman–Crippen MR) is 66.5 cm³/mol.